The molecule has 0 aliphatic rings. The smallest absolute Gasteiger partial charge is 0.166 e. The third kappa shape index (κ3) is 3.31. The molecule has 0 atom stereocenters. The van der Waals surface area contributed by atoms with Crippen LogP contribution in [0.15, 0.2) is 12.1 Å². The normalized spacial score (nSPS) is 10.3. The Bertz CT molecular complexity index is 319. The average molecular weight is 223 g/mol. The van der Waals surface area contributed by atoms with Crippen LogP contribution in [0.3, 0.4) is 0 Å². The lowest BCUT2D eigenvalue weighted by Gasteiger charge is -2.07. The zero-order chi connectivity index (χ0) is 11.8. The Balaban J connectivity index is 2.48. The monoisotopic (exact) mass is 223 g/mol. The molecule has 1 rings (SSSR count). The summed E-state index contributed by atoms with van der Waals surface area (Å²) in [5.41, 5.74) is 1.09. The Kier molecular flexibility index (Phi) is 5.50. The van der Waals surface area contributed by atoms with Gasteiger partial charge in [0, 0.05) is 13.2 Å². The summed E-state index contributed by atoms with van der Waals surface area (Å²) >= 11 is 0. The second-order valence-corrected chi connectivity index (χ2v) is 3.71. The predicted octanol–water partition coefficient (Wildman–Crippen LogP) is 1.67. The third-order valence-corrected chi connectivity index (χ3v) is 2.58. The molecule has 0 aliphatic heterocycles. The Morgan fingerprint density at radius 3 is 2.06 bits per heavy atom. The van der Waals surface area contributed by atoms with Crippen LogP contribution in [0.2, 0.25) is 0 Å². The summed E-state index contributed by atoms with van der Waals surface area (Å²) in [5.74, 6) is 0. The van der Waals surface area contributed by atoms with Crippen molar-refractivity contribution in [3.63, 3.8) is 0 Å². The topological polar surface area (TPSA) is 59.3 Å². The number of unbranched alkanes of at least 4 members (excludes halogenated alkanes) is 3. The zero-order valence-corrected chi connectivity index (χ0v) is 9.26. The molecular formula is C12H17NO3. The van der Waals surface area contributed by atoms with Gasteiger partial charge in [-0.2, -0.15) is 0 Å². The highest BCUT2D eigenvalue weighted by Gasteiger charge is 2.05. The van der Waals surface area contributed by atoms with E-state index < -0.39 is 0 Å². The SMILES string of the molecule is O=Cc1ccc(C=O)n1CCCCCCO. The van der Waals surface area contributed by atoms with Gasteiger partial charge in [0.05, 0.1) is 11.4 Å². The molecule has 16 heavy (non-hydrogen) atoms. The number of carbonyl (C=O) groups is 2. The van der Waals surface area contributed by atoms with Gasteiger partial charge in [-0.3, -0.25) is 9.59 Å². The zero-order valence-electron chi connectivity index (χ0n) is 9.26. The molecule has 1 aromatic rings. The number of nitrogens with zero attached hydrogens (tertiary/aromatic N) is 1. The summed E-state index contributed by atoms with van der Waals surface area (Å²) in [6.07, 6.45) is 5.23. The number of aldehydes is 2. The van der Waals surface area contributed by atoms with E-state index >= 15 is 0 Å². The van der Waals surface area contributed by atoms with E-state index in [2.05, 4.69) is 0 Å². The molecule has 0 bridgehead atoms. The molecule has 0 spiro atoms. The number of carbonyl (C=O) groups excluding carboxylic acids is 2. The van der Waals surface area contributed by atoms with Gasteiger partial charge in [-0.1, -0.05) is 12.8 Å². The van der Waals surface area contributed by atoms with E-state index in [1.165, 1.54) is 0 Å². The fourth-order valence-corrected chi connectivity index (χ4v) is 1.70. The van der Waals surface area contributed by atoms with Crippen LogP contribution < -0.4 is 0 Å². The minimum Gasteiger partial charge on any atom is -0.396 e. The number of rotatable bonds is 8. The molecule has 1 N–H and O–H groups in total. The van der Waals surface area contributed by atoms with E-state index in [4.69, 9.17) is 5.11 Å². The fourth-order valence-electron chi connectivity index (χ4n) is 1.70. The standard InChI is InChI=1S/C12H17NO3/c14-8-4-2-1-3-7-13-11(9-15)5-6-12(13)10-16/h5-6,9-10,14H,1-4,7-8H2. The quantitative estimate of drug-likeness (QED) is 0.538. The van der Waals surface area contributed by atoms with Gasteiger partial charge in [0.1, 0.15) is 0 Å². The Morgan fingerprint density at radius 2 is 1.56 bits per heavy atom. The summed E-state index contributed by atoms with van der Waals surface area (Å²) in [5, 5.41) is 8.62. The molecule has 0 aliphatic carbocycles. The Labute approximate surface area is 94.9 Å². The van der Waals surface area contributed by atoms with Gasteiger partial charge >= 0.3 is 0 Å². The lowest BCUT2D eigenvalue weighted by atomic mass is 10.2. The second-order valence-electron chi connectivity index (χ2n) is 3.71. The Hall–Kier alpha value is -1.42. The van der Waals surface area contributed by atoms with Crippen LogP contribution in [-0.4, -0.2) is 28.9 Å². The first-order valence-corrected chi connectivity index (χ1v) is 5.54. The summed E-state index contributed by atoms with van der Waals surface area (Å²) in [6.45, 7) is 0.906. The molecule has 0 aromatic carbocycles. The molecule has 0 amide bonds. The van der Waals surface area contributed by atoms with E-state index in [9.17, 15) is 9.59 Å². The van der Waals surface area contributed by atoms with Gasteiger partial charge in [-0.25, -0.2) is 0 Å². The molecule has 88 valence electrons. The van der Waals surface area contributed by atoms with Crippen molar-refractivity contribution in [3.8, 4) is 0 Å². The number of hydrogen-bond acceptors (Lipinski definition) is 3. The lowest BCUT2D eigenvalue weighted by Crippen LogP contribution is -2.06. The van der Waals surface area contributed by atoms with Crippen LogP contribution in [0.25, 0.3) is 0 Å². The van der Waals surface area contributed by atoms with Gasteiger partial charge < -0.3 is 9.67 Å². The largest absolute Gasteiger partial charge is 0.396 e. The number of aliphatic hydroxyl groups is 1. The van der Waals surface area contributed by atoms with Gasteiger partial charge in [-0.15, -0.1) is 0 Å². The van der Waals surface area contributed by atoms with Crippen molar-refractivity contribution in [1.82, 2.24) is 4.57 Å². The van der Waals surface area contributed by atoms with E-state index in [0.717, 1.165) is 38.3 Å². The molecular weight excluding hydrogens is 206 g/mol. The summed E-state index contributed by atoms with van der Waals surface area (Å²) < 4.78 is 1.74. The maximum absolute atomic E-state index is 10.7. The predicted molar refractivity (Wildman–Crippen MR) is 60.8 cm³/mol. The molecule has 0 fully saturated rings. The number of hydrogen-bond donors (Lipinski definition) is 1. The van der Waals surface area contributed by atoms with Crippen LogP contribution in [0, 0.1) is 0 Å². The lowest BCUT2D eigenvalue weighted by molar-refractivity contribution is 0.111. The van der Waals surface area contributed by atoms with E-state index in [-0.39, 0.29) is 6.61 Å². The van der Waals surface area contributed by atoms with E-state index in [0.29, 0.717) is 17.9 Å². The van der Waals surface area contributed by atoms with Crippen molar-refractivity contribution in [3.05, 3.63) is 23.5 Å². The molecule has 1 heterocycles. The van der Waals surface area contributed by atoms with Gasteiger partial charge in [0.25, 0.3) is 0 Å². The number of aromatic nitrogens is 1. The maximum atomic E-state index is 10.7. The van der Waals surface area contributed by atoms with E-state index in [1.54, 1.807) is 16.7 Å². The number of aliphatic hydroxyl groups excluding tert-OH is 1. The molecule has 0 saturated carbocycles. The first-order chi connectivity index (χ1) is 7.83. The van der Waals surface area contributed by atoms with Crippen molar-refractivity contribution >= 4 is 12.6 Å². The summed E-state index contributed by atoms with van der Waals surface area (Å²) in [4.78, 5) is 21.4. The van der Waals surface area contributed by atoms with Crippen molar-refractivity contribution in [1.29, 1.82) is 0 Å². The van der Waals surface area contributed by atoms with Crippen molar-refractivity contribution < 1.29 is 14.7 Å². The third-order valence-electron chi connectivity index (χ3n) is 2.58. The van der Waals surface area contributed by atoms with Gasteiger partial charge in [0.15, 0.2) is 12.6 Å². The van der Waals surface area contributed by atoms with Crippen molar-refractivity contribution in [2.24, 2.45) is 0 Å². The Morgan fingerprint density at radius 1 is 1.00 bits per heavy atom. The second kappa shape index (κ2) is 6.95. The minimum absolute atomic E-state index is 0.225. The molecule has 0 radical (unpaired) electrons. The van der Waals surface area contributed by atoms with Gasteiger partial charge in [-0.05, 0) is 25.0 Å². The minimum atomic E-state index is 0.225. The van der Waals surface area contributed by atoms with Crippen LogP contribution in [-0.2, 0) is 6.54 Å². The van der Waals surface area contributed by atoms with Crippen molar-refractivity contribution in [2.75, 3.05) is 6.61 Å². The van der Waals surface area contributed by atoms with Crippen LogP contribution in [0.1, 0.15) is 46.7 Å². The van der Waals surface area contributed by atoms with Gasteiger partial charge in [0.2, 0.25) is 0 Å². The van der Waals surface area contributed by atoms with Crippen LogP contribution in [0.5, 0.6) is 0 Å². The molecule has 0 unspecified atom stereocenters. The molecule has 1 aromatic heterocycles. The highest BCUT2D eigenvalue weighted by Crippen LogP contribution is 2.09. The maximum Gasteiger partial charge on any atom is 0.166 e. The first kappa shape index (κ1) is 12.6. The average Bonchev–Trinajstić information content (AvgIpc) is 2.71. The molecule has 0 saturated heterocycles. The molecule has 4 heteroatoms. The highest BCUT2D eigenvalue weighted by molar-refractivity contribution is 5.79. The van der Waals surface area contributed by atoms with Crippen molar-refractivity contribution in [2.45, 2.75) is 32.2 Å². The van der Waals surface area contributed by atoms with E-state index in [1.807, 2.05) is 0 Å². The highest BCUT2D eigenvalue weighted by atomic mass is 16.2. The van der Waals surface area contributed by atoms with Crippen LogP contribution in [0.4, 0.5) is 0 Å². The molecule has 4 nitrogen and oxygen atoms in total. The fraction of sp³-hybridized carbons (Fsp3) is 0.500. The summed E-state index contributed by atoms with van der Waals surface area (Å²) in [7, 11) is 0. The first-order valence-electron chi connectivity index (χ1n) is 5.54. The summed E-state index contributed by atoms with van der Waals surface area (Å²) in [6, 6.07) is 3.31. The van der Waals surface area contributed by atoms with Crippen LogP contribution >= 0.6 is 0 Å².